The lowest BCUT2D eigenvalue weighted by Gasteiger charge is -2.24. The van der Waals surface area contributed by atoms with E-state index in [0.717, 1.165) is 24.8 Å². The van der Waals surface area contributed by atoms with Gasteiger partial charge in [0.15, 0.2) is 0 Å². The highest BCUT2D eigenvalue weighted by molar-refractivity contribution is 7.89. The first-order valence-corrected chi connectivity index (χ1v) is 8.64. The van der Waals surface area contributed by atoms with Gasteiger partial charge in [-0.3, -0.25) is 0 Å². The molecule has 0 saturated heterocycles. The first-order chi connectivity index (χ1) is 8.52. The van der Waals surface area contributed by atoms with Crippen LogP contribution < -0.4 is 4.72 Å². The van der Waals surface area contributed by atoms with Crippen molar-refractivity contribution in [2.75, 3.05) is 12.9 Å². The van der Waals surface area contributed by atoms with Crippen molar-refractivity contribution >= 4 is 21.4 Å². The summed E-state index contributed by atoms with van der Waals surface area (Å²) in [4.78, 5) is 1.31. The molecule has 0 fully saturated rings. The van der Waals surface area contributed by atoms with Crippen molar-refractivity contribution in [2.45, 2.75) is 38.3 Å². The van der Waals surface area contributed by atoms with Crippen LogP contribution in [-0.2, 0) is 21.2 Å². The Bertz CT molecular complexity index is 495. The molecular weight excluding hydrogens is 270 g/mol. The first kappa shape index (κ1) is 14.0. The Morgan fingerprint density at radius 2 is 2.39 bits per heavy atom. The third-order valence-electron chi connectivity index (χ3n) is 3.23. The Kier molecular flexibility index (Phi) is 4.42. The molecule has 1 aliphatic rings. The van der Waals surface area contributed by atoms with Crippen LogP contribution in [-0.4, -0.2) is 27.4 Å². The van der Waals surface area contributed by atoms with E-state index in [-0.39, 0.29) is 17.9 Å². The predicted molar refractivity (Wildman–Crippen MR) is 73.4 cm³/mol. The lowest BCUT2D eigenvalue weighted by atomic mass is 9.95. The van der Waals surface area contributed by atoms with Crippen molar-refractivity contribution in [3.63, 3.8) is 0 Å². The maximum atomic E-state index is 12.0. The zero-order valence-corrected chi connectivity index (χ0v) is 12.3. The summed E-state index contributed by atoms with van der Waals surface area (Å²) in [5.74, 6) is 0.0134. The van der Waals surface area contributed by atoms with Gasteiger partial charge in [0.25, 0.3) is 0 Å². The molecule has 1 aliphatic carbocycles. The van der Waals surface area contributed by atoms with E-state index >= 15 is 0 Å². The van der Waals surface area contributed by atoms with E-state index in [4.69, 9.17) is 4.74 Å². The van der Waals surface area contributed by atoms with Gasteiger partial charge >= 0.3 is 0 Å². The molecule has 2 unspecified atom stereocenters. The molecule has 4 nitrogen and oxygen atoms in total. The van der Waals surface area contributed by atoms with Gasteiger partial charge < -0.3 is 4.74 Å². The molecule has 0 amide bonds. The summed E-state index contributed by atoms with van der Waals surface area (Å²) in [6.45, 7) is 1.76. The van der Waals surface area contributed by atoms with Crippen LogP contribution in [0.4, 0.5) is 0 Å². The Morgan fingerprint density at radius 3 is 3.11 bits per heavy atom. The molecule has 0 bridgehead atoms. The SMILES string of the molecule is COC(C)CS(=O)(=O)NC1CCCc2sccc21. The van der Waals surface area contributed by atoms with Gasteiger partial charge in [-0.05, 0) is 43.2 Å². The summed E-state index contributed by atoms with van der Waals surface area (Å²) >= 11 is 1.71. The van der Waals surface area contributed by atoms with Gasteiger partial charge in [-0.15, -0.1) is 11.3 Å². The van der Waals surface area contributed by atoms with E-state index < -0.39 is 10.0 Å². The summed E-state index contributed by atoms with van der Waals surface area (Å²) in [6.07, 6.45) is 2.71. The van der Waals surface area contributed by atoms with Crippen molar-refractivity contribution in [3.05, 3.63) is 21.9 Å². The van der Waals surface area contributed by atoms with Crippen LogP contribution in [0.2, 0.25) is 0 Å². The smallest absolute Gasteiger partial charge is 0.214 e. The number of ether oxygens (including phenoxy) is 1. The maximum Gasteiger partial charge on any atom is 0.214 e. The van der Waals surface area contributed by atoms with Crippen molar-refractivity contribution in [1.82, 2.24) is 4.72 Å². The molecule has 1 N–H and O–H groups in total. The van der Waals surface area contributed by atoms with Crippen molar-refractivity contribution in [3.8, 4) is 0 Å². The van der Waals surface area contributed by atoms with Gasteiger partial charge in [0.05, 0.1) is 11.9 Å². The number of methoxy groups -OCH3 is 1. The molecule has 0 radical (unpaired) electrons. The molecule has 102 valence electrons. The predicted octanol–water partition coefficient (Wildman–Crippen LogP) is 2.08. The number of fused-ring (bicyclic) bond motifs is 1. The summed E-state index contributed by atoms with van der Waals surface area (Å²) < 4.78 is 31.8. The Labute approximate surface area is 112 Å². The summed E-state index contributed by atoms with van der Waals surface area (Å²) in [6, 6.07) is 1.97. The van der Waals surface area contributed by atoms with Crippen LogP contribution in [0.15, 0.2) is 11.4 Å². The lowest BCUT2D eigenvalue weighted by molar-refractivity contribution is 0.136. The normalized spacial score (nSPS) is 21.6. The van der Waals surface area contributed by atoms with E-state index in [2.05, 4.69) is 4.72 Å². The van der Waals surface area contributed by atoms with Gasteiger partial charge in [-0.2, -0.15) is 0 Å². The summed E-state index contributed by atoms with van der Waals surface area (Å²) in [5.41, 5.74) is 1.15. The van der Waals surface area contributed by atoms with Crippen LogP contribution >= 0.6 is 11.3 Å². The highest BCUT2D eigenvalue weighted by atomic mass is 32.2. The highest BCUT2D eigenvalue weighted by Gasteiger charge is 2.26. The van der Waals surface area contributed by atoms with E-state index in [1.165, 1.54) is 12.0 Å². The van der Waals surface area contributed by atoms with E-state index in [9.17, 15) is 8.42 Å². The number of hydrogen-bond donors (Lipinski definition) is 1. The average Bonchev–Trinajstić information content (AvgIpc) is 2.77. The third-order valence-corrected chi connectivity index (χ3v) is 5.78. The fraction of sp³-hybridized carbons (Fsp3) is 0.667. The summed E-state index contributed by atoms with van der Waals surface area (Å²) in [7, 11) is -1.76. The molecule has 1 aromatic heterocycles. The molecule has 2 atom stereocenters. The van der Waals surface area contributed by atoms with E-state index in [1.807, 2.05) is 11.4 Å². The molecule has 0 saturated carbocycles. The first-order valence-electron chi connectivity index (χ1n) is 6.11. The lowest BCUT2D eigenvalue weighted by Crippen LogP contribution is -2.35. The topological polar surface area (TPSA) is 55.4 Å². The standard InChI is InChI=1S/C12H19NO3S2/c1-9(16-2)8-18(14,15)13-11-4-3-5-12-10(11)6-7-17-12/h6-7,9,11,13H,3-5,8H2,1-2H3. The Hall–Kier alpha value is -0.430. The van der Waals surface area contributed by atoms with Gasteiger partial charge in [-0.25, -0.2) is 13.1 Å². The molecule has 1 aromatic rings. The van der Waals surface area contributed by atoms with Gasteiger partial charge in [0.2, 0.25) is 10.0 Å². The second-order valence-corrected chi connectivity index (χ2v) is 7.49. The van der Waals surface area contributed by atoms with Crippen LogP contribution in [0.1, 0.15) is 36.2 Å². The third kappa shape index (κ3) is 3.32. The van der Waals surface area contributed by atoms with Crippen LogP contribution in [0.25, 0.3) is 0 Å². The Morgan fingerprint density at radius 1 is 1.61 bits per heavy atom. The van der Waals surface area contributed by atoms with E-state index in [0.29, 0.717) is 0 Å². The minimum atomic E-state index is -3.28. The number of aryl methyl sites for hydroxylation is 1. The van der Waals surface area contributed by atoms with Crippen LogP contribution in [0.5, 0.6) is 0 Å². The minimum Gasteiger partial charge on any atom is -0.381 e. The quantitative estimate of drug-likeness (QED) is 0.903. The van der Waals surface area contributed by atoms with Crippen molar-refractivity contribution in [1.29, 1.82) is 0 Å². The largest absolute Gasteiger partial charge is 0.381 e. The molecule has 0 spiro atoms. The summed E-state index contributed by atoms with van der Waals surface area (Å²) in [5, 5.41) is 2.04. The average molecular weight is 289 g/mol. The number of thiophene rings is 1. The number of nitrogens with one attached hydrogen (secondary N) is 1. The maximum absolute atomic E-state index is 12.0. The molecule has 6 heteroatoms. The molecule has 18 heavy (non-hydrogen) atoms. The van der Waals surface area contributed by atoms with Gasteiger partial charge in [-0.1, -0.05) is 0 Å². The second-order valence-electron chi connectivity index (χ2n) is 4.69. The minimum absolute atomic E-state index is 0.0134. The zero-order chi connectivity index (χ0) is 13.2. The van der Waals surface area contributed by atoms with Gasteiger partial charge in [0, 0.05) is 18.0 Å². The molecule has 1 heterocycles. The second kappa shape index (κ2) is 5.69. The molecular formula is C12H19NO3S2. The van der Waals surface area contributed by atoms with Crippen LogP contribution in [0, 0.1) is 0 Å². The number of rotatable bonds is 5. The number of hydrogen-bond acceptors (Lipinski definition) is 4. The van der Waals surface area contributed by atoms with Crippen molar-refractivity contribution < 1.29 is 13.2 Å². The molecule has 2 rings (SSSR count). The van der Waals surface area contributed by atoms with Gasteiger partial charge in [0.1, 0.15) is 0 Å². The zero-order valence-electron chi connectivity index (χ0n) is 10.7. The number of sulfonamides is 1. The Balaban J connectivity index is 2.07. The van der Waals surface area contributed by atoms with E-state index in [1.54, 1.807) is 18.3 Å². The fourth-order valence-electron chi connectivity index (χ4n) is 2.25. The van der Waals surface area contributed by atoms with Crippen LogP contribution in [0.3, 0.4) is 0 Å². The fourth-order valence-corrected chi connectivity index (χ4v) is 4.77. The monoisotopic (exact) mass is 289 g/mol. The molecule has 0 aliphatic heterocycles. The van der Waals surface area contributed by atoms with Crippen molar-refractivity contribution in [2.24, 2.45) is 0 Å². The highest BCUT2D eigenvalue weighted by Crippen LogP contribution is 2.33. The molecule has 0 aromatic carbocycles.